The van der Waals surface area contributed by atoms with Gasteiger partial charge in [-0.15, -0.1) is 11.3 Å². The zero-order chi connectivity index (χ0) is 14.0. The highest BCUT2D eigenvalue weighted by Gasteiger charge is 2.32. The Morgan fingerprint density at radius 3 is 2.63 bits per heavy atom. The SMILES string of the molecule is CON(C)C(=O)c1sccc1S(=O)(=O)N1CCCC1. The van der Waals surface area contributed by atoms with E-state index in [-0.39, 0.29) is 9.77 Å². The number of nitrogens with zero attached hydrogens (tertiary/aromatic N) is 2. The van der Waals surface area contributed by atoms with Gasteiger partial charge in [-0.1, -0.05) is 0 Å². The van der Waals surface area contributed by atoms with Gasteiger partial charge in [0.15, 0.2) is 0 Å². The molecule has 1 saturated heterocycles. The summed E-state index contributed by atoms with van der Waals surface area (Å²) in [6.45, 7) is 1.04. The first kappa shape index (κ1) is 14.4. The number of hydroxylamine groups is 2. The molecule has 0 aliphatic carbocycles. The topological polar surface area (TPSA) is 66.9 Å². The Labute approximate surface area is 116 Å². The molecule has 1 amide bonds. The minimum Gasteiger partial charge on any atom is -0.274 e. The van der Waals surface area contributed by atoms with Crippen molar-refractivity contribution in [3.05, 3.63) is 16.3 Å². The molecule has 0 bridgehead atoms. The van der Waals surface area contributed by atoms with Crippen LogP contribution in [-0.4, -0.2) is 50.9 Å². The first-order valence-corrected chi connectivity index (χ1v) is 8.20. The van der Waals surface area contributed by atoms with Gasteiger partial charge in [0.1, 0.15) is 9.77 Å². The molecule has 0 unspecified atom stereocenters. The van der Waals surface area contributed by atoms with Gasteiger partial charge in [0.25, 0.3) is 5.91 Å². The molecule has 19 heavy (non-hydrogen) atoms. The number of rotatable bonds is 4. The molecule has 0 saturated carbocycles. The summed E-state index contributed by atoms with van der Waals surface area (Å²) in [4.78, 5) is 17.1. The Bertz CT molecular complexity index is 561. The van der Waals surface area contributed by atoms with Gasteiger partial charge in [-0.05, 0) is 24.3 Å². The Balaban J connectivity index is 2.36. The summed E-state index contributed by atoms with van der Waals surface area (Å²) < 4.78 is 26.3. The van der Waals surface area contributed by atoms with Gasteiger partial charge in [-0.3, -0.25) is 9.63 Å². The molecule has 0 aromatic carbocycles. The van der Waals surface area contributed by atoms with Crippen LogP contribution < -0.4 is 0 Å². The lowest BCUT2D eigenvalue weighted by Gasteiger charge is -2.17. The second-order valence-corrected chi connectivity index (χ2v) is 7.03. The highest BCUT2D eigenvalue weighted by Crippen LogP contribution is 2.28. The number of thiophene rings is 1. The van der Waals surface area contributed by atoms with E-state index in [1.807, 2.05) is 0 Å². The lowest BCUT2D eigenvalue weighted by Crippen LogP contribution is -2.31. The van der Waals surface area contributed by atoms with Crippen LogP contribution >= 0.6 is 11.3 Å². The lowest BCUT2D eigenvalue weighted by atomic mass is 10.4. The lowest BCUT2D eigenvalue weighted by molar-refractivity contribution is -0.0755. The van der Waals surface area contributed by atoms with E-state index >= 15 is 0 Å². The Morgan fingerprint density at radius 1 is 1.42 bits per heavy atom. The summed E-state index contributed by atoms with van der Waals surface area (Å²) in [6, 6.07) is 1.48. The van der Waals surface area contributed by atoms with Gasteiger partial charge in [0.2, 0.25) is 10.0 Å². The minimum absolute atomic E-state index is 0.0771. The van der Waals surface area contributed by atoms with Gasteiger partial charge in [0.05, 0.1) is 7.11 Å². The summed E-state index contributed by atoms with van der Waals surface area (Å²) in [5, 5.41) is 2.63. The fraction of sp³-hybridized carbons (Fsp3) is 0.545. The van der Waals surface area contributed by atoms with Gasteiger partial charge in [-0.25, -0.2) is 13.5 Å². The summed E-state index contributed by atoms with van der Waals surface area (Å²) in [7, 11) is -0.758. The zero-order valence-electron chi connectivity index (χ0n) is 10.8. The quantitative estimate of drug-likeness (QED) is 0.783. The molecule has 6 nitrogen and oxygen atoms in total. The molecular formula is C11H16N2O4S2. The average Bonchev–Trinajstić information content (AvgIpc) is 3.06. The van der Waals surface area contributed by atoms with Crippen LogP contribution in [-0.2, 0) is 14.9 Å². The van der Waals surface area contributed by atoms with Gasteiger partial charge >= 0.3 is 0 Å². The molecule has 0 spiro atoms. The van der Waals surface area contributed by atoms with Crippen molar-refractivity contribution in [1.29, 1.82) is 0 Å². The van der Waals surface area contributed by atoms with E-state index < -0.39 is 15.9 Å². The largest absolute Gasteiger partial charge is 0.288 e. The van der Waals surface area contributed by atoms with Gasteiger partial charge < -0.3 is 0 Å². The van der Waals surface area contributed by atoms with Gasteiger partial charge in [0, 0.05) is 20.1 Å². The highest BCUT2D eigenvalue weighted by atomic mass is 32.2. The molecule has 1 aromatic rings. The molecule has 1 aliphatic heterocycles. The number of amides is 1. The average molecular weight is 304 g/mol. The van der Waals surface area contributed by atoms with Crippen molar-refractivity contribution in [3.63, 3.8) is 0 Å². The number of carbonyl (C=O) groups is 1. The van der Waals surface area contributed by atoms with Crippen LogP contribution in [0.4, 0.5) is 0 Å². The molecular weight excluding hydrogens is 288 g/mol. The zero-order valence-corrected chi connectivity index (χ0v) is 12.5. The Morgan fingerprint density at radius 2 is 2.05 bits per heavy atom. The molecule has 1 fully saturated rings. The monoisotopic (exact) mass is 304 g/mol. The Kier molecular flexibility index (Phi) is 4.24. The summed E-state index contributed by atoms with van der Waals surface area (Å²) in [5.74, 6) is -0.449. The molecule has 0 atom stereocenters. The standard InChI is InChI=1S/C11H16N2O4S2/c1-12(17-2)11(14)10-9(5-8-18-10)19(15,16)13-6-3-4-7-13/h5,8H,3-4,6-7H2,1-2H3. The fourth-order valence-corrected chi connectivity index (χ4v) is 4.83. The normalized spacial score (nSPS) is 16.7. The van der Waals surface area contributed by atoms with Crippen LogP contribution in [0.2, 0.25) is 0 Å². The van der Waals surface area contributed by atoms with E-state index in [2.05, 4.69) is 0 Å². The van der Waals surface area contributed by atoms with Crippen LogP contribution in [0.1, 0.15) is 22.5 Å². The van der Waals surface area contributed by atoms with Crippen molar-refractivity contribution in [1.82, 2.24) is 9.37 Å². The second kappa shape index (κ2) is 5.58. The van der Waals surface area contributed by atoms with E-state index in [1.54, 1.807) is 5.38 Å². The first-order chi connectivity index (χ1) is 8.98. The number of hydrogen-bond donors (Lipinski definition) is 0. The third-order valence-electron chi connectivity index (χ3n) is 3.07. The van der Waals surface area contributed by atoms with Crippen molar-refractivity contribution < 1.29 is 18.0 Å². The van der Waals surface area contributed by atoms with E-state index in [0.29, 0.717) is 13.1 Å². The number of carbonyl (C=O) groups excluding carboxylic acids is 1. The first-order valence-electron chi connectivity index (χ1n) is 5.88. The van der Waals surface area contributed by atoms with Crippen molar-refractivity contribution in [2.24, 2.45) is 0 Å². The molecule has 1 aliphatic rings. The van der Waals surface area contributed by atoms with Crippen molar-refractivity contribution in [2.75, 3.05) is 27.2 Å². The van der Waals surface area contributed by atoms with Crippen molar-refractivity contribution in [3.8, 4) is 0 Å². The molecule has 8 heteroatoms. The molecule has 0 radical (unpaired) electrons. The van der Waals surface area contributed by atoms with Crippen molar-refractivity contribution in [2.45, 2.75) is 17.7 Å². The molecule has 1 aromatic heterocycles. The molecule has 2 heterocycles. The number of hydrogen-bond acceptors (Lipinski definition) is 5. The van der Waals surface area contributed by atoms with E-state index in [0.717, 1.165) is 29.2 Å². The van der Waals surface area contributed by atoms with Crippen LogP contribution in [0.5, 0.6) is 0 Å². The Hall–Kier alpha value is -0.960. The predicted molar refractivity (Wildman–Crippen MR) is 71.4 cm³/mol. The maximum atomic E-state index is 12.5. The van der Waals surface area contributed by atoms with E-state index in [4.69, 9.17) is 4.84 Å². The predicted octanol–water partition coefficient (Wildman–Crippen LogP) is 1.17. The maximum absolute atomic E-state index is 12.5. The van der Waals surface area contributed by atoms with Crippen LogP contribution in [0, 0.1) is 0 Å². The molecule has 0 N–H and O–H groups in total. The van der Waals surface area contributed by atoms with E-state index in [1.165, 1.54) is 24.5 Å². The van der Waals surface area contributed by atoms with Crippen LogP contribution in [0.15, 0.2) is 16.3 Å². The fourth-order valence-electron chi connectivity index (χ4n) is 1.95. The van der Waals surface area contributed by atoms with Crippen molar-refractivity contribution >= 4 is 27.3 Å². The third kappa shape index (κ3) is 2.66. The summed E-state index contributed by atoms with van der Waals surface area (Å²) in [6.07, 6.45) is 1.73. The van der Waals surface area contributed by atoms with E-state index in [9.17, 15) is 13.2 Å². The maximum Gasteiger partial charge on any atom is 0.288 e. The third-order valence-corrected chi connectivity index (χ3v) is 6.04. The molecule has 2 rings (SSSR count). The molecule has 106 valence electrons. The number of sulfonamides is 1. The highest BCUT2D eigenvalue weighted by molar-refractivity contribution is 7.89. The summed E-state index contributed by atoms with van der Waals surface area (Å²) in [5.41, 5.74) is 0. The smallest absolute Gasteiger partial charge is 0.274 e. The van der Waals surface area contributed by atoms with Crippen LogP contribution in [0.25, 0.3) is 0 Å². The summed E-state index contributed by atoms with van der Waals surface area (Å²) >= 11 is 1.11. The minimum atomic E-state index is -3.57. The van der Waals surface area contributed by atoms with Gasteiger partial charge in [-0.2, -0.15) is 4.31 Å². The second-order valence-electron chi connectivity index (χ2n) is 4.21. The van der Waals surface area contributed by atoms with Crippen LogP contribution in [0.3, 0.4) is 0 Å².